The van der Waals surface area contributed by atoms with Crippen LogP contribution >= 0.6 is 0 Å². The lowest BCUT2D eigenvalue weighted by Gasteiger charge is -2.34. The van der Waals surface area contributed by atoms with Gasteiger partial charge in [0.2, 0.25) is 0 Å². The summed E-state index contributed by atoms with van der Waals surface area (Å²) in [5, 5.41) is 3.44. The number of guanidine groups is 1. The highest BCUT2D eigenvalue weighted by Crippen LogP contribution is 2.19. The maximum atomic E-state index is 6.08. The molecule has 0 unspecified atom stereocenters. The molecule has 1 aliphatic carbocycles. The smallest absolute Gasteiger partial charge is 0.193 e. The van der Waals surface area contributed by atoms with Crippen LogP contribution in [0.3, 0.4) is 0 Å². The minimum absolute atomic E-state index is 0.375. The number of nitrogens with zero attached hydrogens (tertiary/aromatic N) is 2. The van der Waals surface area contributed by atoms with Crippen molar-refractivity contribution in [2.75, 3.05) is 53.1 Å². The van der Waals surface area contributed by atoms with Crippen LogP contribution in [0.25, 0.3) is 0 Å². The molecule has 27 heavy (non-hydrogen) atoms. The van der Waals surface area contributed by atoms with Gasteiger partial charge in [0.1, 0.15) is 0 Å². The second-order valence-corrected chi connectivity index (χ2v) is 7.62. The minimum Gasteiger partial charge on any atom is -0.385 e. The Hall–Kier alpha value is -0.850. The van der Waals surface area contributed by atoms with Crippen LogP contribution in [0.4, 0.5) is 0 Å². The molecule has 1 aliphatic heterocycles. The Bertz CT molecular complexity index is 390. The van der Waals surface area contributed by atoms with Crippen molar-refractivity contribution >= 4 is 5.96 Å². The van der Waals surface area contributed by atoms with Crippen molar-refractivity contribution in [3.8, 4) is 0 Å². The summed E-state index contributed by atoms with van der Waals surface area (Å²) in [6, 6.07) is 0. The molecule has 2 aliphatic rings. The van der Waals surface area contributed by atoms with Crippen molar-refractivity contribution in [1.29, 1.82) is 0 Å². The molecular weight excluding hydrogens is 342 g/mol. The van der Waals surface area contributed by atoms with E-state index in [0.29, 0.717) is 12.2 Å². The highest BCUT2D eigenvalue weighted by molar-refractivity contribution is 5.80. The van der Waals surface area contributed by atoms with Crippen LogP contribution in [0.15, 0.2) is 4.99 Å². The van der Waals surface area contributed by atoms with Crippen molar-refractivity contribution in [3.05, 3.63) is 0 Å². The quantitative estimate of drug-likeness (QED) is 0.272. The summed E-state index contributed by atoms with van der Waals surface area (Å²) in [6.45, 7) is 8.09. The lowest BCUT2D eigenvalue weighted by molar-refractivity contribution is 0.00981. The van der Waals surface area contributed by atoms with E-state index in [1.54, 1.807) is 7.11 Å². The fourth-order valence-corrected chi connectivity index (χ4v) is 3.89. The van der Waals surface area contributed by atoms with E-state index in [4.69, 9.17) is 19.2 Å². The molecule has 1 N–H and O–H groups in total. The first kappa shape index (κ1) is 22.4. The number of ether oxygens (including phenoxy) is 3. The Kier molecular flexibility index (Phi) is 11.8. The number of nitrogens with one attached hydrogen (secondary N) is 1. The summed E-state index contributed by atoms with van der Waals surface area (Å²) >= 11 is 0. The van der Waals surface area contributed by atoms with E-state index < -0.39 is 0 Å². The molecule has 0 aromatic rings. The van der Waals surface area contributed by atoms with Gasteiger partial charge in [-0.05, 0) is 39.0 Å². The average molecular weight is 384 g/mol. The molecule has 1 heterocycles. The Morgan fingerprint density at radius 1 is 0.926 bits per heavy atom. The molecule has 6 nitrogen and oxygen atoms in total. The number of piperidine rings is 1. The van der Waals surface area contributed by atoms with Crippen molar-refractivity contribution in [2.45, 2.75) is 76.9 Å². The van der Waals surface area contributed by atoms with Gasteiger partial charge in [-0.1, -0.05) is 25.7 Å². The third-order valence-corrected chi connectivity index (χ3v) is 5.43. The van der Waals surface area contributed by atoms with E-state index in [9.17, 15) is 0 Å². The molecule has 158 valence electrons. The van der Waals surface area contributed by atoms with Crippen molar-refractivity contribution < 1.29 is 14.2 Å². The number of rotatable bonds is 10. The molecule has 6 heteroatoms. The van der Waals surface area contributed by atoms with Gasteiger partial charge < -0.3 is 24.4 Å². The van der Waals surface area contributed by atoms with Crippen molar-refractivity contribution in [2.24, 2.45) is 4.99 Å². The normalized spacial score (nSPS) is 20.7. The molecule has 0 aromatic heterocycles. The monoisotopic (exact) mass is 383 g/mol. The van der Waals surface area contributed by atoms with Gasteiger partial charge in [0.05, 0.1) is 25.4 Å². The SMILES string of the molecule is CCNC(=NCCOC1CCCCCC1)N1CCC(OCCCOC)CC1. The van der Waals surface area contributed by atoms with Crippen LogP contribution in [0.2, 0.25) is 0 Å². The molecule has 1 saturated heterocycles. The van der Waals surface area contributed by atoms with Crippen LogP contribution in [0.5, 0.6) is 0 Å². The second-order valence-electron chi connectivity index (χ2n) is 7.62. The van der Waals surface area contributed by atoms with E-state index in [2.05, 4.69) is 17.1 Å². The van der Waals surface area contributed by atoms with Crippen LogP contribution in [-0.4, -0.2) is 76.2 Å². The van der Waals surface area contributed by atoms with Crippen molar-refractivity contribution in [1.82, 2.24) is 10.2 Å². The predicted molar refractivity (Wildman–Crippen MR) is 110 cm³/mol. The number of hydrogen-bond donors (Lipinski definition) is 1. The fourth-order valence-electron chi connectivity index (χ4n) is 3.89. The molecule has 0 spiro atoms. The van der Waals surface area contributed by atoms with Crippen LogP contribution < -0.4 is 5.32 Å². The summed E-state index contributed by atoms with van der Waals surface area (Å²) < 4.78 is 17.1. The zero-order chi connectivity index (χ0) is 19.2. The molecular formula is C21H41N3O3. The molecule has 0 aromatic carbocycles. The summed E-state index contributed by atoms with van der Waals surface area (Å²) in [5.74, 6) is 1.03. The van der Waals surface area contributed by atoms with E-state index in [1.165, 1.54) is 38.5 Å². The highest BCUT2D eigenvalue weighted by Gasteiger charge is 2.21. The van der Waals surface area contributed by atoms with E-state index in [1.807, 2.05) is 0 Å². The van der Waals surface area contributed by atoms with E-state index >= 15 is 0 Å². The van der Waals surface area contributed by atoms with Crippen LogP contribution in [0.1, 0.15) is 64.7 Å². The third-order valence-electron chi connectivity index (χ3n) is 5.43. The standard InChI is InChI=1S/C21H41N3O3/c1-3-22-21(23-13-18-27-19-9-6-4-5-7-10-19)24-14-11-20(12-15-24)26-17-8-16-25-2/h19-20H,3-18H2,1-2H3,(H,22,23). The van der Waals surface area contributed by atoms with Gasteiger partial charge in [0, 0.05) is 40.0 Å². The van der Waals surface area contributed by atoms with Gasteiger partial charge in [-0.2, -0.15) is 0 Å². The molecule has 0 radical (unpaired) electrons. The number of methoxy groups -OCH3 is 1. The largest absolute Gasteiger partial charge is 0.385 e. The summed E-state index contributed by atoms with van der Waals surface area (Å²) in [6.07, 6.45) is 11.8. The number of likely N-dealkylation sites (tertiary alicyclic amines) is 1. The zero-order valence-electron chi connectivity index (χ0n) is 17.6. The fraction of sp³-hybridized carbons (Fsp3) is 0.952. The van der Waals surface area contributed by atoms with E-state index in [0.717, 1.165) is 71.2 Å². The Balaban J connectivity index is 1.67. The molecule has 0 bridgehead atoms. The maximum absolute atomic E-state index is 6.08. The average Bonchev–Trinajstić information content (AvgIpc) is 2.97. The first-order valence-electron chi connectivity index (χ1n) is 11.1. The van der Waals surface area contributed by atoms with Gasteiger partial charge in [-0.15, -0.1) is 0 Å². The molecule has 2 rings (SSSR count). The number of hydrogen-bond acceptors (Lipinski definition) is 4. The van der Waals surface area contributed by atoms with E-state index in [-0.39, 0.29) is 0 Å². The molecule has 0 amide bonds. The van der Waals surface area contributed by atoms with Gasteiger partial charge in [-0.25, -0.2) is 0 Å². The van der Waals surface area contributed by atoms with Gasteiger partial charge in [0.25, 0.3) is 0 Å². The Morgan fingerprint density at radius 2 is 1.59 bits per heavy atom. The zero-order valence-corrected chi connectivity index (χ0v) is 17.6. The van der Waals surface area contributed by atoms with Crippen molar-refractivity contribution in [3.63, 3.8) is 0 Å². The second kappa shape index (κ2) is 14.2. The highest BCUT2D eigenvalue weighted by atomic mass is 16.5. The molecule has 0 atom stereocenters. The summed E-state index contributed by atoms with van der Waals surface area (Å²) in [7, 11) is 1.74. The lowest BCUT2D eigenvalue weighted by atomic mass is 10.1. The predicted octanol–water partition coefficient (Wildman–Crippen LogP) is 3.21. The van der Waals surface area contributed by atoms with Gasteiger partial charge >= 0.3 is 0 Å². The molecule has 2 fully saturated rings. The molecule has 1 saturated carbocycles. The maximum Gasteiger partial charge on any atom is 0.193 e. The Labute approximate surface area is 166 Å². The first-order chi connectivity index (χ1) is 13.3. The van der Waals surface area contributed by atoms with Gasteiger partial charge in [0.15, 0.2) is 5.96 Å². The lowest BCUT2D eigenvalue weighted by Crippen LogP contribution is -2.47. The third kappa shape index (κ3) is 9.26. The topological polar surface area (TPSA) is 55.3 Å². The minimum atomic E-state index is 0.375. The number of aliphatic imine (C=N–C) groups is 1. The summed E-state index contributed by atoms with van der Waals surface area (Å²) in [4.78, 5) is 7.17. The first-order valence-corrected chi connectivity index (χ1v) is 11.1. The van der Waals surface area contributed by atoms with Crippen LogP contribution in [0, 0.1) is 0 Å². The van der Waals surface area contributed by atoms with Gasteiger partial charge in [-0.3, -0.25) is 4.99 Å². The Morgan fingerprint density at radius 3 is 2.26 bits per heavy atom. The van der Waals surface area contributed by atoms with Crippen LogP contribution in [-0.2, 0) is 14.2 Å². The summed E-state index contributed by atoms with van der Waals surface area (Å²) in [5.41, 5.74) is 0.